The monoisotopic (exact) mass is 341 g/mol. The van der Waals surface area contributed by atoms with Crippen molar-refractivity contribution in [3.05, 3.63) is 29.3 Å². The Balaban J connectivity index is 2.30. The molecule has 0 aliphatic carbocycles. The molecule has 0 fully saturated rings. The molecule has 0 aromatic heterocycles. The molecule has 0 spiro atoms. The third-order valence-corrected chi connectivity index (χ3v) is 4.19. The van der Waals surface area contributed by atoms with Crippen LogP contribution in [0.5, 0.6) is 0 Å². The highest BCUT2D eigenvalue weighted by atomic mass is 32.2. The molecule has 0 heterocycles. The molecule has 22 heavy (non-hydrogen) atoms. The maximum absolute atomic E-state index is 11.8. The number of carbonyl (C=O) groups excluding carboxylic acids is 1. The number of nitrogens with one attached hydrogen (secondary N) is 3. The van der Waals surface area contributed by atoms with E-state index in [0.717, 1.165) is 4.90 Å². The third-order valence-electron chi connectivity index (χ3n) is 2.80. The van der Waals surface area contributed by atoms with E-state index in [4.69, 9.17) is 17.0 Å². The molecule has 1 amide bonds. The fourth-order valence-electron chi connectivity index (χ4n) is 1.82. The molecule has 1 rings (SSSR count). The molecule has 1 aromatic rings. The second-order valence-electron chi connectivity index (χ2n) is 5.06. The number of hydrazine groups is 1. The third kappa shape index (κ3) is 7.11. The van der Waals surface area contributed by atoms with Crippen molar-refractivity contribution in [1.82, 2.24) is 16.2 Å². The minimum atomic E-state index is -0.131. The maximum atomic E-state index is 11.8. The van der Waals surface area contributed by atoms with Gasteiger partial charge < -0.3 is 10.1 Å². The second-order valence-corrected chi connectivity index (χ2v) is 6.49. The predicted octanol–water partition coefficient (Wildman–Crippen LogP) is 1.93. The predicted molar refractivity (Wildman–Crippen MR) is 95.0 cm³/mol. The fourth-order valence-corrected chi connectivity index (χ4v) is 2.88. The zero-order valence-electron chi connectivity index (χ0n) is 13.4. The Morgan fingerprint density at radius 1 is 1.36 bits per heavy atom. The lowest BCUT2D eigenvalue weighted by Gasteiger charge is -2.16. The van der Waals surface area contributed by atoms with Gasteiger partial charge in [0.25, 0.3) is 0 Å². The van der Waals surface area contributed by atoms with Gasteiger partial charge in [0.1, 0.15) is 0 Å². The minimum absolute atomic E-state index is 0.0754. The first-order valence-corrected chi connectivity index (χ1v) is 8.36. The van der Waals surface area contributed by atoms with Crippen molar-refractivity contribution in [3.8, 4) is 0 Å². The SMILES string of the molecule is COC[C@H](C)NC(=S)NNC(=O)CSc1ccc(C)cc1C. The zero-order chi connectivity index (χ0) is 16.5. The summed E-state index contributed by atoms with van der Waals surface area (Å²) in [6.45, 7) is 6.58. The van der Waals surface area contributed by atoms with E-state index in [0.29, 0.717) is 17.5 Å². The summed E-state index contributed by atoms with van der Waals surface area (Å²) in [6, 6.07) is 6.26. The van der Waals surface area contributed by atoms with Gasteiger partial charge in [-0.1, -0.05) is 17.7 Å². The molecule has 0 saturated carbocycles. The van der Waals surface area contributed by atoms with Crippen molar-refractivity contribution in [2.24, 2.45) is 0 Å². The molecular weight excluding hydrogens is 318 g/mol. The van der Waals surface area contributed by atoms with E-state index < -0.39 is 0 Å². The number of benzene rings is 1. The van der Waals surface area contributed by atoms with Gasteiger partial charge in [-0.3, -0.25) is 15.6 Å². The molecular formula is C15H23N3O2S2. The normalized spacial score (nSPS) is 11.6. The number of thioether (sulfide) groups is 1. The first-order chi connectivity index (χ1) is 10.4. The van der Waals surface area contributed by atoms with Crippen molar-refractivity contribution in [3.63, 3.8) is 0 Å². The van der Waals surface area contributed by atoms with Gasteiger partial charge in [-0.25, -0.2) is 0 Å². The van der Waals surface area contributed by atoms with Gasteiger partial charge in [0.15, 0.2) is 5.11 Å². The molecule has 0 aliphatic heterocycles. The summed E-state index contributed by atoms with van der Waals surface area (Å²) in [5, 5.41) is 3.37. The van der Waals surface area contributed by atoms with Crippen molar-refractivity contribution in [1.29, 1.82) is 0 Å². The lowest BCUT2D eigenvalue weighted by molar-refractivity contribution is -0.119. The number of hydrogen-bond acceptors (Lipinski definition) is 4. The number of hydrogen-bond donors (Lipinski definition) is 3. The van der Waals surface area contributed by atoms with Crippen LogP contribution in [0.1, 0.15) is 18.1 Å². The number of carbonyl (C=O) groups is 1. The molecule has 7 heteroatoms. The van der Waals surface area contributed by atoms with Crippen molar-refractivity contribution in [2.75, 3.05) is 19.5 Å². The maximum Gasteiger partial charge on any atom is 0.248 e. The summed E-state index contributed by atoms with van der Waals surface area (Å²) in [5.41, 5.74) is 7.65. The van der Waals surface area contributed by atoms with Crippen LogP contribution in [0, 0.1) is 13.8 Å². The number of ether oxygens (including phenoxy) is 1. The molecule has 5 nitrogen and oxygen atoms in total. The molecule has 0 bridgehead atoms. The highest BCUT2D eigenvalue weighted by Crippen LogP contribution is 2.22. The van der Waals surface area contributed by atoms with Crippen molar-refractivity contribution >= 4 is 35.0 Å². The number of thiocarbonyl (C=S) groups is 1. The molecule has 1 atom stereocenters. The van der Waals surface area contributed by atoms with Gasteiger partial charge in [0.2, 0.25) is 5.91 Å². The van der Waals surface area contributed by atoms with E-state index in [2.05, 4.69) is 29.2 Å². The lowest BCUT2D eigenvalue weighted by atomic mass is 10.2. The Kier molecular flexibility index (Phi) is 8.22. The second kappa shape index (κ2) is 9.66. The van der Waals surface area contributed by atoms with E-state index in [9.17, 15) is 4.79 Å². The molecule has 0 aliphatic rings. The Hall–Kier alpha value is -1.31. The van der Waals surface area contributed by atoms with Crippen LogP contribution in [0.2, 0.25) is 0 Å². The number of aryl methyl sites for hydroxylation is 2. The topological polar surface area (TPSA) is 62.4 Å². The summed E-state index contributed by atoms with van der Waals surface area (Å²) in [6.07, 6.45) is 0. The first-order valence-electron chi connectivity index (χ1n) is 6.96. The van der Waals surface area contributed by atoms with Gasteiger partial charge >= 0.3 is 0 Å². The summed E-state index contributed by atoms with van der Waals surface area (Å²) in [5.74, 6) is 0.196. The lowest BCUT2D eigenvalue weighted by Crippen LogP contribution is -2.50. The number of rotatable bonds is 6. The van der Waals surface area contributed by atoms with Gasteiger partial charge in [-0.2, -0.15) is 0 Å². The quantitative estimate of drug-likeness (QED) is 0.417. The number of methoxy groups -OCH3 is 1. The molecule has 3 N–H and O–H groups in total. The molecule has 122 valence electrons. The average Bonchev–Trinajstić information content (AvgIpc) is 2.44. The van der Waals surface area contributed by atoms with Crippen LogP contribution in [0.15, 0.2) is 23.1 Å². The summed E-state index contributed by atoms with van der Waals surface area (Å²) < 4.78 is 5.00. The van der Waals surface area contributed by atoms with Crippen LogP contribution in [0.3, 0.4) is 0 Å². The van der Waals surface area contributed by atoms with Crippen LogP contribution >= 0.6 is 24.0 Å². The first kappa shape index (κ1) is 18.7. The average molecular weight is 342 g/mol. The zero-order valence-corrected chi connectivity index (χ0v) is 15.0. The van der Waals surface area contributed by atoms with E-state index in [1.807, 2.05) is 26.0 Å². The van der Waals surface area contributed by atoms with Gasteiger partial charge in [0.05, 0.1) is 12.4 Å². The van der Waals surface area contributed by atoms with Gasteiger partial charge in [-0.05, 0) is 44.6 Å². The van der Waals surface area contributed by atoms with Crippen LogP contribution < -0.4 is 16.2 Å². The smallest absolute Gasteiger partial charge is 0.248 e. The summed E-state index contributed by atoms with van der Waals surface area (Å²) in [7, 11) is 1.63. The fraction of sp³-hybridized carbons (Fsp3) is 0.467. The van der Waals surface area contributed by atoms with Crippen LogP contribution in [0.25, 0.3) is 0 Å². The van der Waals surface area contributed by atoms with E-state index in [1.54, 1.807) is 7.11 Å². The Labute approximate surface area is 141 Å². The summed E-state index contributed by atoms with van der Waals surface area (Å²) >= 11 is 6.58. The van der Waals surface area contributed by atoms with Crippen LogP contribution in [0.4, 0.5) is 0 Å². The van der Waals surface area contributed by atoms with Crippen LogP contribution in [-0.2, 0) is 9.53 Å². The molecule has 0 saturated heterocycles. The van der Waals surface area contributed by atoms with E-state index >= 15 is 0 Å². The highest BCUT2D eigenvalue weighted by molar-refractivity contribution is 8.00. The number of amides is 1. The summed E-state index contributed by atoms with van der Waals surface area (Å²) in [4.78, 5) is 12.9. The Morgan fingerprint density at radius 2 is 2.09 bits per heavy atom. The largest absolute Gasteiger partial charge is 0.383 e. The van der Waals surface area contributed by atoms with E-state index in [1.165, 1.54) is 22.9 Å². The van der Waals surface area contributed by atoms with Gasteiger partial charge in [0, 0.05) is 18.0 Å². The van der Waals surface area contributed by atoms with Crippen molar-refractivity contribution < 1.29 is 9.53 Å². The molecule has 0 unspecified atom stereocenters. The molecule has 1 aromatic carbocycles. The minimum Gasteiger partial charge on any atom is -0.383 e. The van der Waals surface area contributed by atoms with Gasteiger partial charge in [-0.15, -0.1) is 11.8 Å². The van der Waals surface area contributed by atoms with E-state index in [-0.39, 0.29) is 11.9 Å². The standard InChI is InChI=1S/C15H23N3O2S2/c1-10-5-6-13(11(2)7-10)22-9-14(19)17-18-15(21)16-12(3)8-20-4/h5-7,12H,8-9H2,1-4H3,(H,17,19)(H2,16,18,21)/t12-/m0/s1. The van der Waals surface area contributed by atoms with Crippen molar-refractivity contribution in [2.45, 2.75) is 31.7 Å². The highest BCUT2D eigenvalue weighted by Gasteiger charge is 2.07. The van der Waals surface area contributed by atoms with Crippen LogP contribution in [-0.4, -0.2) is 36.5 Å². The Morgan fingerprint density at radius 3 is 2.73 bits per heavy atom. The Bertz CT molecular complexity index is 524. The molecule has 0 radical (unpaired) electrons.